The molecule has 2 aromatic rings. The summed E-state index contributed by atoms with van der Waals surface area (Å²) in [4.78, 5) is 4.77. The molecule has 1 heterocycles. The van der Waals surface area contributed by atoms with Crippen molar-refractivity contribution >= 4 is 21.2 Å². The first-order valence-electron chi connectivity index (χ1n) is 6.23. The van der Waals surface area contributed by atoms with E-state index in [-0.39, 0.29) is 0 Å². The average molecular weight is 311 g/mol. The van der Waals surface area contributed by atoms with Crippen molar-refractivity contribution in [3.8, 4) is 5.75 Å². The second kappa shape index (κ2) is 5.93. The van der Waals surface area contributed by atoms with Gasteiger partial charge in [-0.2, -0.15) is 0 Å². The number of sulfone groups is 1. The molecule has 0 spiro atoms. The van der Waals surface area contributed by atoms with E-state index in [1.54, 1.807) is 35.6 Å². The Balaban J connectivity index is 2.00. The van der Waals surface area contributed by atoms with E-state index in [1.165, 1.54) is 6.26 Å². The van der Waals surface area contributed by atoms with Crippen molar-refractivity contribution in [2.24, 2.45) is 0 Å². The van der Waals surface area contributed by atoms with Crippen molar-refractivity contribution in [2.75, 3.05) is 6.26 Å². The molecule has 0 bridgehead atoms. The first-order valence-corrected chi connectivity index (χ1v) is 9.00. The van der Waals surface area contributed by atoms with Gasteiger partial charge in [-0.3, -0.25) is 0 Å². The van der Waals surface area contributed by atoms with E-state index in [0.717, 1.165) is 10.7 Å². The summed E-state index contributed by atoms with van der Waals surface area (Å²) in [5, 5.41) is 3.08. The maximum atomic E-state index is 11.3. The molecule has 0 aliphatic heterocycles. The standard InChI is InChI=1S/C14H17NO3S2/c1-10(2)14-15-11(9-19-14)8-18-12-4-6-13(7-5-12)20(3,16)17/h4-7,9-10H,8H2,1-3H3. The Hall–Kier alpha value is -1.40. The molecule has 4 nitrogen and oxygen atoms in total. The van der Waals surface area contributed by atoms with Gasteiger partial charge in [-0.05, 0) is 24.3 Å². The Morgan fingerprint density at radius 3 is 2.40 bits per heavy atom. The predicted octanol–water partition coefficient (Wildman–Crippen LogP) is 3.25. The SMILES string of the molecule is CC(C)c1nc(COc2ccc(S(C)(=O)=O)cc2)cs1. The summed E-state index contributed by atoms with van der Waals surface area (Å²) < 4.78 is 28.3. The Bertz CT molecular complexity index is 673. The zero-order valence-electron chi connectivity index (χ0n) is 11.7. The van der Waals surface area contributed by atoms with Crippen molar-refractivity contribution in [3.63, 3.8) is 0 Å². The Morgan fingerprint density at radius 1 is 1.25 bits per heavy atom. The molecule has 0 atom stereocenters. The molecule has 0 aliphatic rings. The van der Waals surface area contributed by atoms with E-state index < -0.39 is 9.84 Å². The molecular formula is C14H17NO3S2. The molecule has 1 aromatic heterocycles. The third-order valence-corrected chi connectivity index (χ3v) is 5.02. The van der Waals surface area contributed by atoms with E-state index in [2.05, 4.69) is 18.8 Å². The molecular weight excluding hydrogens is 294 g/mol. The second-order valence-electron chi connectivity index (χ2n) is 4.86. The first-order chi connectivity index (χ1) is 9.36. The highest BCUT2D eigenvalue weighted by molar-refractivity contribution is 7.90. The molecule has 0 saturated heterocycles. The zero-order chi connectivity index (χ0) is 14.8. The fraction of sp³-hybridized carbons (Fsp3) is 0.357. The van der Waals surface area contributed by atoms with Crippen LogP contribution in [0.4, 0.5) is 0 Å². The molecule has 0 unspecified atom stereocenters. The van der Waals surface area contributed by atoms with Crippen molar-refractivity contribution in [1.29, 1.82) is 0 Å². The van der Waals surface area contributed by atoms with Crippen LogP contribution in [0.3, 0.4) is 0 Å². The normalized spacial score (nSPS) is 11.8. The van der Waals surface area contributed by atoms with Gasteiger partial charge in [0.25, 0.3) is 0 Å². The van der Waals surface area contributed by atoms with Crippen LogP contribution >= 0.6 is 11.3 Å². The Morgan fingerprint density at radius 2 is 1.90 bits per heavy atom. The quantitative estimate of drug-likeness (QED) is 0.850. The average Bonchev–Trinajstić information content (AvgIpc) is 2.85. The molecule has 2 rings (SSSR count). The Kier molecular flexibility index (Phi) is 4.45. The van der Waals surface area contributed by atoms with Gasteiger partial charge in [0.05, 0.1) is 15.6 Å². The summed E-state index contributed by atoms with van der Waals surface area (Å²) in [5.41, 5.74) is 0.894. The third kappa shape index (κ3) is 3.80. The number of aromatic nitrogens is 1. The molecule has 1 aromatic carbocycles. The molecule has 0 fully saturated rings. The van der Waals surface area contributed by atoms with E-state index in [9.17, 15) is 8.42 Å². The van der Waals surface area contributed by atoms with Crippen LogP contribution in [0, 0.1) is 0 Å². The number of thiazole rings is 1. The van der Waals surface area contributed by atoms with Crippen LogP contribution in [-0.4, -0.2) is 19.7 Å². The molecule has 0 amide bonds. The summed E-state index contributed by atoms with van der Waals surface area (Å²) in [6.45, 7) is 4.60. The minimum Gasteiger partial charge on any atom is -0.487 e. The van der Waals surface area contributed by atoms with Gasteiger partial charge in [-0.15, -0.1) is 11.3 Å². The highest BCUT2D eigenvalue weighted by atomic mass is 32.2. The van der Waals surface area contributed by atoms with Crippen LogP contribution in [0.15, 0.2) is 34.5 Å². The maximum Gasteiger partial charge on any atom is 0.175 e. The number of ether oxygens (including phenoxy) is 1. The predicted molar refractivity (Wildman–Crippen MR) is 80.1 cm³/mol. The van der Waals surface area contributed by atoms with Crippen LogP contribution in [0.1, 0.15) is 30.5 Å². The maximum absolute atomic E-state index is 11.3. The van der Waals surface area contributed by atoms with E-state index in [0.29, 0.717) is 23.2 Å². The van der Waals surface area contributed by atoms with E-state index >= 15 is 0 Å². The van der Waals surface area contributed by atoms with Gasteiger partial charge in [0, 0.05) is 17.6 Å². The minimum atomic E-state index is -3.16. The summed E-state index contributed by atoms with van der Waals surface area (Å²) in [5.74, 6) is 1.05. The highest BCUT2D eigenvalue weighted by Crippen LogP contribution is 2.21. The molecule has 20 heavy (non-hydrogen) atoms. The van der Waals surface area contributed by atoms with Crippen LogP contribution in [0.2, 0.25) is 0 Å². The summed E-state index contributed by atoms with van der Waals surface area (Å²) in [6.07, 6.45) is 1.19. The molecule has 0 N–H and O–H groups in total. The molecule has 0 radical (unpaired) electrons. The van der Waals surface area contributed by atoms with Crippen molar-refractivity contribution in [1.82, 2.24) is 4.98 Å². The molecule has 0 saturated carbocycles. The first kappa shape index (κ1) is 15.0. The fourth-order valence-electron chi connectivity index (χ4n) is 1.59. The molecule has 108 valence electrons. The molecule has 6 heteroatoms. The topological polar surface area (TPSA) is 56.3 Å². The number of hydrogen-bond donors (Lipinski definition) is 0. The van der Waals surface area contributed by atoms with E-state index in [1.807, 2.05) is 5.38 Å². The highest BCUT2D eigenvalue weighted by Gasteiger charge is 2.08. The van der Waals surface area contributed by atoms with Crippen molar-refractivity contribution in [3.05, 3.63) is 40.3 Å². The summed E-state index contributed by atoms with van der Waals surface area (Å²) in [6, 6.07) is 6.41. The lowest BCUT2D eigenvalue weighted by atomic mass is 10.2. The van der Waals surface area contributed by atoms with Gasteiger partial charge in [-0.1, -0.05) is 13.8 Å². The number of benzene rings is 1. The van der Waals surface area contributed by atoms with Gasteiger partial charge in [0.2, 0.25) is 0 Å². The monoisotopic (exact) mass is 311 g/mol. The zero-order valence-corrected chi connectivity index (χ0v) is 13.3. The Labute approximate surface area is 123 Å². The van der Waals surface area contributed by atoms with Crippen molar-refractivity contribution in [2.45, 2.75) is 31.3 Å². The van der Waals surface area contributed by atoms with Crippen LogP contribution < -0.4 is 4.74 Å². The second-order valence-corrected chi connectivity index (χ2v) is 7.77. The smallest absolute Gasteiger partial charge is 0.175 e. The van der Waals surface area contributed by atoms with Gasteiger partial charge < -0.3 is 4.74 Å². The fourth-order valence-corrected chi connectivity index (χ4v) is 3.04. The largest absolute Gasteiger partial charge is 0.487 e. The summed E-state index contributed by atoms with van der Waals surface area (Å²) >= 11 is 1.63. The van der Waals surface area contributed by atoms with Crippen LogP contribution in [-0.2, 0) is 16.4 Å². The minimum absolute atomic E-state index is 0.292. The van der Waals surface area contributed by atoms with Gasteiger partial charge in [-0.25, -0.2) is 13.4 Å². The van der Waals surface area contributed by atoms with Crippen LogP contribution in [0.5, 0.6) is 5.75 Å². The van der Waals surface area contributed by atoms with E-state index in [4.69, 9.17) is 4.74 Å². The lowest BCUT2D eigenvalue weighted by Crippen LogP contribution is -1.99. The van der Waals surface area contributed by atoms with Gasteiger partial charge >= 0.3 is 0 Å². The van der Waals surface area contributed by atoms with Gasteiger partial charge in [0.1, 0.15) is 12.4 Å². The number of rotatable bonds is 5. The third-order valence-electron chi connectivity index (χ3n) is 2.70. The van der Waals surface area contributed by atoms with Gasteiger partial charge in [0.15, 0.2) is 9.84 Å². The van der Waals surface area contributed by atoms with Crippen LogP contribution in [0.25, 0.3) is 0 Å². The van der Waals surface area contributed by atoms with Crippen molar-refractivity contribution < 1.29 is 13.2 Å². The lowest BCUT2D eigenvalue weighted by molar-refractivity contribution is 0.301. The summed E-state index contributed by atoms with van der Waals surface area (Å²) in [7, 11) is -3.16. The number of hydrogen-bond acceptors (Lipinski definition) is 5. The number of nitrogens with zero attached hydrogens (tertiary/aromatic N) is 1. The lowest BCUT2D eigenvalue weighted by Gasteiger charge is -2.05. The molecule has 0 aliphatic carbocycles.